The quantitative estimate of drug-likeness (QED) is 0.919. The lowest BCUT2D eigenvalue weighted by Gasteiger charge is -2.05. The van der Waals surface area contributed by atoms with Gasteiger partial charge in [-0.2, -0.15) is 0 Å². The van der Waals surface area contributed by atoms with Crippen molar-refractivity contribution in [3.8, 4) is 0 Å². The third kappa shape index (κ3) is 3.35. The van der Waals surface area contributed by atoms with E-state index in [1.807, 2.05) is 24.3 Å². The lowest BCUT2D eigenvalue weighted by atomic mass is 10.1. The molecule has 2 rings (SSSR count). The summed E-state index contributed by atoms with van der Waals surface area (Å²) >= 11 is 12.0. The van der Waals surface area contributed by atoms with Gasteiger partial charge in [0.15, 0.2) is 0 Å². The van der Waals surface area contributed by atoms with E-state index >= 15 is 0 Å². The van der Waals surface area contributed by atoms with Gasteiger partial charge in [-0.25, -0.2) is 4.98 Å². The monoisotopic (exact) mass is 266 g/mol. The molecule has 88 valence electrons. The zero-order valence-corrected chi connectivity index (χ0v) is 10.7. The third-order valence-corrected chi connectivity index (χ3v) is 3.13. The number of halogens is 2. The highest BCUT2D eigenvalue weighted by atomic mass is 35.5. The van der Waals surface area contributed by atoms with E-state index in [1.165, 1.54) is 0 Å². The molecule has 1 aromatic heterocycles. The van der Waals surface area contributed by atoms with Gasteiger partial charge in [-0.15, -0.1) is 0 Å². The van der Waals surface area contributed by atoms with Crippen molar-refractivity contribution in [2.75, 3.05) is 5.73 Å². The number of nitrogens with zero attached hydrogens (tertiary/aromatic N) is 1. The molecule has 17 heavy (non-hydrogen) atoms. The van der Waals surface area contributed by atoms with Gasteiger partial charge in [0.1, 0.15) is 5.82 Å². The molecule has 0 aliphatic rings. The maximum absolute atomic E-state index is 6.11. The second-order valence-electron chi connectivity index (χ2n) is 3.82. The van der Waals surface area contributed by atoms with Crippen molar-refractivity contribution >= 4 is 29.0 Å². The summed E-state index contributed by atoms with van der Waals surface area (Å²) in [5.41, 5.74) is 7.87. The second-order valence-corrected chi connectivity index (χ2v) is 4.67. The summed E-state index contributed by atoms with van der Waals surface area (Å²) in [6, 6.07) is 9.41. The van der Waals surface area contributed by atoms with E-state index in [9.17, 15) is 0 Å². The molecular formula is C13H12Cl2N2. The second kappa shape index (κ2) is 5.39. The number of aromatic nitrogens is 1. The van der Waals surface area contributed by atoms with Crippen molar-refractivity contribution in [1.82, 2.24) is 4.98 Å². The Morgan fingerprint density at radius 3 is 2.59 bits per heavy atom. The molecule has 0 amide bonds. The molecule has 0 aliphatic heterocycles. The number of aryl methyl sites for hydroxylation is 2. The van der Waals surface area contributed by atoms with Gasteiger partial charge in [0.25, 0.3) is 0 Å². The topological polar surface area (TPSA) is 38.9 Å². The van der Waals surface area contributed by atoms with Gasteiger partial charge >= 0.3 is 0 Å². The van der Waals surface area contributed by atoms with Crippen LogP contribution in [0, 0.1) is 0 Å². The number of rotatable bonds is 3. The van der Waals surface area contributed by atoms with Gasteiger partial charge < -0.3 is 5.73 Å². The van der Waals surface area contributed by atoms with Crippen molar-refractivity contribution in [3.05, 3.63) is 57.7 Å². The Morgan fingerprint density at radius 2 is 1.88 bits per heavy atom. The van der Waals surface area contributed by atoms with E-state index in [1.54, 1.807) is 12.3 Å². The molecule has 0 saturated heterocycles. The molecular weight excluding hydrogens is 255 g/mol. The smallest absolute Gasteiger partial charge is 0.123 e. The molecule has 0 atom stereocenters. The number of anilines is 1. The maximum atomic E-state index is 6.11. The Balaban J connectivity index is 2.07. The summed E-state index contributed by atoms with van der Waals surface area (Å²) in [5, 5.41) is 1.37. The van der Waals surface area contributed by atoms with Crippen molar-refractivity contribution in [2.45, 2.75) is 12.8 Å². The lowest BCUT2D eigenvalue weighted by molar-refractivity contribution is 0.957. The number of nitrogens with two attached hydrogens (primary N) is 1. The first kappa shape index (κ1) is 12.2. The third-order valence-electron chi connectivity index (χ3n) is 2.54. The Bertz CT molecular complexity index is 527. The molecule has 2 N–H and O–H groups in total. The summed E-state index contributed by atoms with van der Waals surface area (Å²) in [7, 11) is 0. The molecule has 0 unspecified atom stereocenters. The molecule has 2 aromatic rings. The highest BCUT2D eigenvalue weighted by Gasteiger charge is 2.02. The van der Waals surface area contributed by atoms with E-state index in [4.69, 9.17) is 28.9 Å². The van der Waals surface area contributed by atoms with Gasteiger partial charge in [-0.05, 0) is 48.2 Å². The van der Waals surface area contributed by atoms with Gasteiger partial charge in [0.05, 0.1) is 0 Å². The minimum absolute atomic E-state index is 0.546. The Morgan fingerprint density at radius 1 is 1.06 bits per heavy atom. The fraction of sp³-hybridized carbons (Fsp3) is 0.154. The number of nitrogen functional groups attached to an aromatic ring is 1. The summed E-state index contributed by atoms with van der Waals surface area (Å²) in [6.07, 6.45) is 3.46. The largest absolute Gasteiger partial charge is 0.384 e. The number of hydrogen-bond donors (Lipinski definition) is 1. The van der Waals surface area contributed by atoms with E-state index < -0.39 is 0 Å². The van der Waals surface area contributed by atoms with Crippen LogP contribution in [0.3, 0.4) is 0 Å². The summed E-state index contributed by atoms with van der Waals surface area (Å²) in [5.74, 6) is 0.546. The molecule has 4 heteroatoms. The first-order chi connectivity index (χ1) is 8.15. The van der Waals surface area contributed by atoms with Crippen LogP contribution in [0.4, 0.5) is 5.82 Å². The first-order valence-corrected chi connectivity index (χ1v) is 6.05. The Kier molecular flexibility index (Phi) is 3.87. The Hall–Kier alpha value is -1.25. The van der Waals surface area contributed by atoms with Crippen molar-refractivity contribution in [3.63, 3.8) is 0 Å². The van der Waals surface area contributed by atoms with Crippen LogP contribution in [0.5, 0.6) is 0 Å². The van der Waals surface area contributed by atoms with E-state index in [0.717, 1.165) is 24.0 Å². The average molecular weight is 267 g/mol. The van der Waals surface area contributed by atoms with Crippen LogP contribution in [0.15, 0.2) is 36.5 Å². The molecule has 0 saturated carbocycles. The highest BCUT2D eigenvalue weighted by Crippen LogP contribution is 2.22. The molecule has 0 bridgehead atoms. The van der Waals surface area contributed by atoms with E-state index in [2.05, 4.69) is 4.98 Å². The molecule has 0 fully saturated rings. The predicted molar refractivity (Wildman–Crippen MR) is 72.5 cm³/mol. The fourth-order valence-corrected chi connectivity index (χ4v) is 2.16. The van der Waals surface area contributed by atoms with Gasteiger partial charge in [0.2, 0.25) is 0 Å². The maximum Gasteiger partial charge on any atom is 0.123 e. The van der Waals surface area contributed by atoms with Crippen molar-refractivity contribution in [2.24, 2.45) is 0 Å². The molecule has 1 aromatic carbocycles. The molecule has 2 nitrogen and oxygen atoms in total. The predicted octanol–water partition coefficient (Wildman–Crippen LogP) is 3.76. The number of pyridine rings is 1. The SMILES string of the molecule is Nc1cc(CCc2ccc(Cl)cc2Cl)ccn1. The number of hydrogen-bond acceptors (Lipinski definition) is 2. The molecule has 1 heterocycles. The van der Waals surface area contributed by atoms with Gasteiger partial charge in [-0.1, -0.05) is 29.3 Å². The molecule has 0 aliphatic carbocycles. The lowest BCUT2D eigenvalue weighted by Crippen LogP contribution is -1.95. The summed E-state index contributed by atoms with van der Waals surface area (Å²) in [6.45, 7) is 0. The van der Waals surface area contributed by atoms with Gasteiger partial charge in [0, 0.05) is 16.2 Å². The van der Waals surface area contributed by atoms with Crippen LogP contribution in [0.25, 0.3) is 0 Å². The highest BCUT2D eigenvalue weighted by molar-refractivity contribution is 6.35. The van der Waals surface area contributed by atoms with Crippen LogP contribution in [-0.2, 0) is 12.8 Å². The van der Waals surface area contributed by atoms with Crippen LogP contribution in [0.1, 0.15) is 11.1 Å². The Labute approximate surface area is 110 Å². The normalized spacial score (nSPS) is 10.5. The zero-order chi connectivity index (χ0) is 12.3. The van der Waals surface area contributed by atoms with E-state index in [-0.39, 0.29) is 0 Å². The fourth-order valence-electron chi connectivity index (χ4n) is 1.65. The van der Waals surface area contributed by atoms with Crippen LogP contribution < -0.4 is 5.73 Å². The van der Waals surface area contributed by atoms with Crippen LogP contribution >= 0.6 is 23.2 Å². The zero-order valence-electron chi connectivity index (χ0n) is 9.16. The number of benzene rings is 1. The molecule has 0 spiro atoms. The van der Waals surface area contributed by atoms with Crippen LogP contribution in [0.2, 0.25) is 10.0 Å². The van der Waals surface area contributed by atoms with Crippen LogP contribution in [-0.4, -0.2) is 4.98 Å². The molecule has 0 radical (unpaired) electrons. The summed E-state index contributed by atoms with van der Waals surface area (Å²) < 4.78 is 0. The van der Waals surface area contributed by atoms with E-state index in [0.29, 0.717) is 15.9 Å². The van der Waals surface area contributed by atoms with Crippen molar-refractivity contribution < 1.29 is 0 Å². The summed E-state index contributed by atoms with van der Waals surface area (Å²) in [4.78, 5) is 3.96. The van der Waals surface area contributed by atoms with Gasteiger partial charge in [-0.3, -0.25) is 0 Å². The standard InChI is InChI=1S/C13H12Cl2N2/c14-11-4-3-10(12(15)8-11)2-1-9-5-6-17-13(16)7-9/h3-8H,1-2H2,(H2,16,17). The van der Waals surface area contributed by atoms with Crippen molar-refractivity contribution in [1.29, 1.82) is 0 Å². The first-order valence-electron chi connectivity index (χ1n) is 5.29. The minimum atomic E-state index is 0.546. The minimum Gasteiger partial charge on any atom is -0.384 e. The average Bonchev–Trinajstić information content (AvgIpc) is 2.28.